The number of nitrogens with zero attached hydrogens (tertiary/aromatic N) is 8. The Morgan fingerprint density at radius 2 is 1.70 bits per heavy atom. The van der Waals surface area contributed by atoms with Crippen LogP contribution in [0.25, 0.3) is 10.4 Å². The number of nitrogens with one attached hydrogen (secondary N) is 2. The molecular formula is C53H69ClFN11O6S2. The number of piperidine rings is 3. The number of aliphatic hydroxyl groups excluding tert-OH is 1. The Labute approximate surface area is 445 Å². The van der Waals surface area contributed by atoms with Crippen LogP contribution in [0.15, 0.2) is 58.3 Å². The number of ether oxygens (including phenoxy) is 1. The van der Waals surface area contributed by atoms with E-state index >= 15 is 0 Å². The van der Waals surface area contributed by atoms with Crippen LogP contribution in [0.5, 0.6) is 5.75 Å². The Morgan fingerprint density at radius 3 is 2.34 bits per heavy atom. The predicted molar refractivity (Wildman–Crippen MR) is 284 cm³/mol. The van der Waals surface area contributed by atoms with Gasteiger partial charge in [-0.2, -0.15) is 0 Å². The zero-order chi connectivity index (χ0) is 52.5. The van der Waals surface area contributed by atoms with Crippen LogP contribution in [0, 0.1) is 23.7 Å². The Balaban J connectivity index is 0.785. The highest BCUT2D eigenvalue weighted by molar-refractivity contribution is 7.99. The maximum Gasteiger partial charge on any atom is 0.258 e. The van der Waals surface area contributed by atoms with E-state index in [1.165, 1.54) is 28.0 Å². The number of benzene rings is 1. The monoisotopic (exact) mass is 1070 g/mol. The first-order chi connectivity index (χ1) is 35.3. The number of thiazole rings is 1. The van der Waals surface area contributed by atoms with Crippen LogP contribution in [-0.2, 0) is 25.7 Å². The van der Waals surface area contributed by atoms with Gasteiger partial charge in [0.25, 0.3) is 5.91 Å². The van der Waals surface area contributed by atoms with E-state index in [2.05, 4.69) is 37.3 Å². The molecule has 74 heavy (non-hydrogen) atoms. The molecular weight excluding hydrogens is 1010 g/mol. The fraction of sp³-hybridized carbons (Fsp3) is 0.585. The summed E-state index contributed by atoms with van der Waals surface area (Å²) in [7, 11) is 0. The number of hydrogen-bond acceptors (Lipinski definition) is 15. The second-order valence-electron chi connectivity index (χ2n) is 22.1. The second kappa shape index (κ2) is 22.2. The molecule has 398 valence electrons. The molecule has 1 aliphatic carbocycles. The van der Waals surface area contributed by atoms with E-state index < -0.39 is 47.0 Å². The maximum atomic E-state index is 14.7. The van der Waals surface area contributed by atoms with Crippen molar-refractivity contribution in [1.29, 1.82) is 0 Å². The normalized spacial score (nSPS) is 21.6. The minimum atomic E-state index is -1.98. The summed E-state index contributed by atoms with van der Waals surface area (Å²) >= 11 is 9.99. The van der Waals surface area contributed by atoms with Crippen molar-refractivity contribution in [2.45, 2.75) is 139 Å². The number of likely N-dealkylation sites (tertiary alicyclic amines) is 2. The summed E-state index contributed by atoms with van der Waals surface area (Å²) in [5.41, 5.74) is 7.73. The van der Waals surface area contributed by atoms with Crippen LogP contribution in [0.4, 0.5) is 16.0 Å². The van der Waals surface area contributed by atoms with Gasteiger partial charge in [-0.1, -0.05) is 63.2 Å². The summed E-state index contributed by atoms with van der Waals surface area (Å²) in [5.74, 6) is 0.327. The van der Waals surface area contributed by atoms with Crippen molar-refractivity contribution in [3.8, 4) is 16.2 Å². The highest BCUT2D eigenvalue weighted by atomic mass is 35.5. The SMILES string of the molecule is Cc1ncsc1-c1ccc(CNC(=O)[C@@H]2C[C@@H](O)CN2C(=O)[C@@H](NC(=O)C2(F)CC2)C(C)(C)C)c(OC2CCN(C(=O)C3CCN(c4nccc(Sc5cnc(N6CCC(C)(CN)CC6)cn5)c4Cl)CC3)CC2)c1. The van der Waals surface area contributed by atoms with Gasteiger partial charge in [0.1, 0.15) is 40.6 Å². The summed E-state index contributed by atoms with van der Waals surface area (Å²) in [6.07, 6.45) is 9.10. The first-order valence-electron chi connectivity index (χ1n) is 25.9. The molecule has 5 fully saturated rings. The Morgan fingerprint density at radius 1 is 0.973 bits per heavy atom. The largest absolute Gasteiger partial charge is 0.490 e. The summed E-state index contributed by atoms with van der Waals surface area (Å²) in [6.45, 7) is 14.3. The number of amides is 4. The number of carbonyl (C=O) groups is 4. The topological polar surface area (TPSA) is 212 Å². The van der Waals surface area contributed by atoms with Crippen LogP contribution in [0.3, 0.4) is 0 Å². The third-order valence-corrected chi connectivity index (χ3v) is 18.0. The number of nitrogens with two attached hydrogens (primary N) is 1. The van der Waals surface area contributed by atoms with Crippen molar-refractivity contribution in [3.05, 3.63) is 64.6 Å². The number of aliphatic hydroxyl groups is 1. The molecule has 4 amide bonds. The lowest BCUT2D eigenvalue weighted by atomic mass is 9.80. The minimum Gasteiger partial charge on any atom is -0.490 e. The van der Waals surface area contributed by atoms with Gasteiger partial charge in [0.05, 0.1) is 39.6 Å². The van der Waals surface area contributed by atoms with Crippen LogP contribution < -0.4 is 30.9 Å². The van der Waals surface area contributed by atoms with E-state index in [1.807, 2.05) is 42.3 Å². The Kier molecular flexibility index (Phi) is 16.1. The number of anilines is 2. The third-order valence-electron chi connectivity index (χ3n) is 15.5. The van der Waals surface area contributed by atoms with Crippen LogP contribution in [0.1, 0.15) is 96.7 Å². The van der Waals surface area contributed by atoms with Crippen molar-refractivity contribution < 1.29 is 33.4 Å². The molecule has 9 rings (SSSR count). The van der Waals surface area contributed by atoms with Gasteiger partial charge in [0.2, 0.25) is 17.7 Å². The lowest BCUT2D eigenvalue weighted by molar-refractivity contribution is -0.145. The van der Waals surface area contributed by atoms with E-state index in [9.17, 15) is 28.7 Å². The summed E-state index contributed by atoms with van der Waals surface area (Å²) in [4.78, 5) is 82.8. The average Bonchev–Trinajstić information content (AvgIpc) is 3.80. The molecule has 5 aliphatic rings. The number of pyridine rings is 1. The molecule has 21 heteroatoms. The number of rotatable bonds is 15. The zero-order valence-corrected chi connectivity index (χ0v) is 45.3. The average molecular weight is 1070 g/mol. The first-order valence-corrected chi connectivity index (χ1v) is 28.0. The molecule has 3 aromatic heterocycles. The van der Waals surface area contributed by atoms with Gasteiger partial charge >= 0.3 is 0 Å². The second-order valence-corrected chi connectivity index (χ2v) is 24.4. The van der Waals surface area contributed by atoms with E-state index in [1.54, 1.807) is 38.7 Å². The number of carbonyl (C=O) groups excluding carboxylic acids is 4. The quantitative estimate of drug-likeness (QED) is 0.0993. The fourth-order valence-electron chi connectivity index (χ4n) is 10.4. The molecule has 3 atom stereocenters. The van der Waals surface area contributed by atoms with Gasteiger partial charge in [-0.05, 0) is 80.5 Å². The molecule has 7 heterocycles. The molecule has 4 aromatic rings. The van der Waals surface area contributed by atoms with Crippen LogP contribution >= 0.6 is 34.7 Å². The molecule has 0 unspecified atom stereocenters. The number of alkyl halides is 1. The Bertz CT molecular complexity index is 2680. The van der Waals surface area contributed by atoms with Gasteiger partial charge in [-0.25, -0.2) is 24.3 Å². The highest BCUT2D eigenvalue weighted by Crippen LogP contribution is 2.42. The molecule has 1 saturated carbocycles. The number of aromatic nitrogens is 4. The smallest absolute Gasteiger partial charge is 0.258 e. The zero-order valence-electron chi connectivity index (χ0n) is 42.9. The predicted octanol–water partition coefficient (Wildman–Crippen LogP) is 6.57. The molecule has 1 aromatic carbocycles. The van der Waals surface area contributed by atoms with E-state index in [4.69, 9.17) is 32.0 Å². The van der Waals surface area contributed by atoms with Gasteiger partial charge in [-0.15, -0.1) is 11.3 Å². The molecule has 4 aliphatic heterocycles. The molecule has 17 nitrogen and oxygen atoms in total. The van der Waals surface area contributed by atoms with E-state index in [0.29, 0.717) is 80.6 Å². The number of hydrogen-bond donors (Lipinski definition) is 4. The number of aryl methyl sites for hydroxylation is 1. The van der Waals surface area contributed by atoms with Gasteiger partial charge in [0, 0.05) is 94.2 Å². The number of β-amino-alcohol motifs (C(OH)–C–C–N with tert-alkyl or cyclic N) is 1. The lowest BCUT2D eigenvalue weighted by Crippen LogP contribution is -2.59. The fourth-order valence-corrected chi connectivity index (χ4v) is 12.2. The van der Waals surface area contributed by atoms with Crippen molar-refractivity contribution in [2.24, 2.45) is 22.5 Å². The third kappa shape index (κ3) is 12.1. The highest BCUT2D eigenvalue weighted by Gasteiger charge is 2.53. The summed E-state index contributed by atoms with van der Waals surface area (Å²) < 4.78 is 21.5. The molecule has 4 saturated heterocycles. The summed E-state index contributed by atoms with van der Waals surface area (Å²) in [5, 5.41) is 17.6. The van der Waals surface area contributed by atoms with Crippen molar-refractivity contribution in [3.63, 3.8) is 0 Å². The van der Waals surface area contributed by atoms with Crippen molar-refractivity contribution in [1.82, 2.24) is 40.4 Å². The van der Waals surface area contributed by atoms with Crippen molar-refractivity contribution in [2.75, 3.05) is 62.2 Å². The van der Waals surface area contributed by atoms with E-state index in [-0.39, 0.29) is 55.7 Å². The maximum absolute atomic E-state index is 14.7. The molecule has 5 N–H and O–H groups in total. The first kappa shape index (κ1) is 53.7. The minimum absolute atomic E-state index is 0.0138. The van der Waals surface area contributed by atoms with Gasteiger partial charge < -0.3 is 45.8 Å². The summed E-state index contributed by atoms with van der Waals surface area (Å²) in [6, 6.07) is 5.62. The van der Waals surface area contributed by atoms with Crippen LogP contribution in [0.2, 0.25) is 5.02 Å². The molecule has 0 radical (unpaired) electrons. The van der Waals surface area contributed by atoms with E-state index in [0.717, 1.165) is 57.8 Å². The molecule has 0 spiro atoms. The molecule has 0 bridgehead atoms. The standard InChI is InChI=1S/C53H69ClFN11O6S2/c1-32-44(73-31-61-32)34-6-7-35(26-60-47(68)38-25-36(67)29-66(38)49(70)45(51(2,3)4)62-50(71)53(55)13-14-53)39(24-34)72-37-11-20-65(21-12-37)48(69)33-9-18-64(19-10-33)46-43(54)40(8-17-57-46)74-42-28-58-41(27-59-42)63-22-15-52(5,30-56)16-23-63/h6-8,17,24,27-28,31,33,36-38,45,67H,9-16,18-23,25-26,29-30,56H2,1-5H3,(H,60,68)(H,62,71)/t36-,38+,45-/m1/s1. The van der Waals surface area contributed by atoms with Crippen LogP contribution in [-0.4, -0.2) is 141 Å². The van der Waals surface area contributed by atoms with Gasteiger partial charge in [-0.3, -0.25) is 19.2 Å². The number of halogens is 2. The van der Waals surface area contributed by atoms with Gasteiger partial charge in [0.15, 0.2) is 5.67 Å². The van der Waals surface area contributed by atoms with Crippen molar-refractivity contribution >= 4 is 70.0 Å². The Hall–Kier alpha value is -5.15. The lowest BCUT2D eigenvalue weighted by Gasteiger charge is -2.39.